The van der Waals surface area contributed by atoms with Crippen molar-refractivity contribution in [2.24, 2.45) is 0 Å². The van der Waals surface area contributed by atoms with Crippen LogP contribution in [0.1, 0.15) is 10.5 Å². The lowest BCUT2D eigenvalue weighted by Gasteiger charge is -2.09. The average molecular weight is 473 g/mol. The first kappa shape index (κ1) is 23.4. The number of carbonyl (C=O) groups is 2. The number of benzene rings is 2. The predicted molar refractivity (Wildman–Crippen MR) is 117 cm³/mol. The summed E-state index contributed by atoms with van der Waals surface area (Å²) < 4.78 is 11.4. The molecule has 0 spiro atoms. The van der Waals surface area contributed by atoms with Crippen LogP contribution in [0.25, 0.3) is 0 Å². The fourth-order valence-corrected chi connectivity index (χ4v) is 2.80. The van der Waals surface area contributed by atoms with Crippen LogP contribution in [0.2, 0.25) is 5.02 Å². The minimum absolute atomic E-state index is 0.0789. The van der Waals surface area contributed by atoms with E-state index in [0.29, 0.717) is 5.75 Å². The van der Waals surface area contributed by atoms with E-state index in [2.05, 4.69) is 10.4 Å². The van der Waals surface area contributed by atoms with E-state index in [4.69, 9.17) is 21.1 Å². The number of nitrogens with zero attached hydrogens (tertiary/aromatic N) is 3. The quantitative estimate of drug-likeness (QED) is 0.284. The van der Waals surface area contributed by atoms with Gasteiger partial charge in [-0.25, -0.2) is 9.48 Å². The van der Waals surface area contributed by atoms with Gasteiger partial charge in [0, 0.05) is 17.2 Å². The second kappa shape index (κ2) is 10.9. The summed E-state index contributed by atoms with van der Waals surface area (Å²) >= 11 is 5.73. The summed E-state index contributed by atoms with van der Waals surface area (Å²) in [5, 5.41) is 17.4. The standard InChI is InChI=1S/C21H17ClN4O7/c22-14-6-7-16(18(12-14)26(30)31)23-19(27)13-33-21(29)17-8-9-20(28)25(24-17)10-11-32-15-4-2-1-3-5-15/h1-9,12H,10-11,13H2,(H,23,27). The van der Waals surface area contributed by atoms with Gasteiger partial charge in [-0.15, -0.1) is 0 Å². The summed E-state index contributed by atoms with van der Waals surface area (Å²) in [7, 11) is 0. The van der Waals surface area contributed by atoms with Crippen molar-refractivity contribution in [3.63, 3.8) is 0 Å². The molecule has 0 aliphatic rings. The van der Waals surface area contributed by atoms with E-state index in [1.165, 1.54) is 18.2 Å². The Morgan fingerprint density at radius 2 is 1.88 bits per heavy atom. The number of rotatable bonds is 9. The largest absolute Gasteiger partial charge is 0.492 e. The molecule has 0 radical (unpaired) electrons. The van der Waals surface area contributed by atoms with E-state index in [1.54, 1.807) is 24.3 Å². The molecule has 0 saturated heterocycles. The minimum Gasteiger partial charge on any atom is -0.492 e. The van der Waals surface area contributed by atoms with Gasteiger partial charge in [0.05, 0.1) is 11.5 Å². The van der Waals surface area contributed by atoms with Gasteiger partial charge in [-0.3, -0.25) is 19.7 Å². The third kappa shape index (κ3) is 6.61. The molecule has 3 aromatic rings. The average Bonchev–Trinajstić information content (AvgIpc) is 2.80. The van der Waals surface area contributed by atoms with E-state index in [-0.39, 0.29) is 29.6 Å². The van der Waals surface area contributed by atoms with E-state index in [0.717, 1.165) is 16.8 Å². The Bertz CT molecular complexity index is 1230. The van der Waals surface area contributed by atoms with Crippen molar-refractivity contribution in [2.45, 2.75) is 6.54 Å². The molecule has 0 atom stereocenters. The van der Waals surface area contributed by atoms with Crippen molar-refractivity contribution >= 4 is 34.9 Å². The first-order valence-electron chi connectivity index (χ1n) is 9.50. The second-order valence-corrected chi connectivity index (χ2v) is 6.92. The molecule has 170 valence electrons. The number of esters is 1. The molecule has 1 heterocycles. The Morgan fingerprint density at radius 1 is 1.12 bits per heavy atom. The zero-order chi connectivity index (χ0) is 23.8. The molecule has 0 fully saturated rings. The number of para-hydroxylation sites is 1. The second-order valence-electron chi connectivity index (χ2n) is 6.48. The molecule has 0 aliphatic carbocycles. The highest BCUT2D eigenvalue weighted by Crippen LogP contribution is 2.27. The smallest absolute Gasteiger partial charge is 0.359 e. The van der Waals surface area contributed by atoms with Gasteiger partial charge in [0.25, 0.3) is 17.2 Å². The van der Waals surface area contributed by atoms with Gasteiger partial charge in [0.15, 0.2) is 12.3 Å². The first-order chi connectivity index (χ1) is 15.8. The normalized spacial score (nSPS) is 10.3. The third-order valence-electron chi connectivity index (χ3n) is 4.16. The maximum absolute atomic E-state index is 12.2. The number of anilines is 1. The molecule has 3 rings (SSSR count). The molecule has 0 saturated carbocycles. The van der Waals surface area contributed by atoms with Crippen molar-refractivity contribution in [1.29, 1.82) is 0 Å². The molecule has 2 aromatic carbocycles. The summed E-state index contributed by atoms with van der Waals surface area (Å²) in [6, 6.07) is 15.0. The van der Waals surface area contributed by atoms with Crippen LogP contribution in [0.4, 0.5) is 11.4 Å². The summed E-state index contributed by atoms with van der Waals surface area (Å²) in [6.45, 7) is -0.510. The van der Waals surface area contributed by atoms with Gasteiger partial charge in [-0.1, -0.05) is 29.8 Å². The van der Waals surface area contributed by atoms with Crippen LogP contribution in [-0.4, -0.2) is 39.8 Å². The highest BCUT2D eigenvalue weighted by atomic mass is 35.5. The lowest BCUT2D eigenvalue weighted by Crippen LogP contribution is -2.28. The van der Waals surface area contributed by atoms with Gasteiger partial charge in [0.1, 0.15) is 18.0 Å². The number of hydrogen-bond acceptors (Lipinski definition) is 8. The monoisotopic (exact) mass is 472 g/mol. The number of carbonyl (C=O) groups excluding carboxylic acids is 2. The number of hydrogen-bond donors (Lipinski definition) is 1. The zero-order valence-electron chi connectivity index (χ0n) is 17.0. The highest BCUT2D eigenvalue weighted by molar-refractivity contribution is 6.31. The Kier molecular flexibility index (Phi) is 7.71. The molecule has 0 aliphatic heterocycles. The van der Waals surface area contributed by atoms with Crippen LogP contribution < -0.4 is 15.6 Å². The summed E-state index contributed by atoms with van der Waals surface area (Å²) in [5.41, 5.74) is -1.15. The topological polar surface area (TPSA) is 143 Å². The van der Waals surface area contributed by atoms with E-state index < -0.39 is 34.7 Å². The van der Waals surface area contributed by atoms with Crippen molar-refractivity contribution in [3.05, 3.63) is 91.8 Å². The van der Waals surface area contributed by atoms with Crippen molar-refractivity contribution in [2.75, 3.05) is 18.5 Å². The summed E-state index contributed by atoms with van der Waals surface area (Å²) in [5.74, 6) is -1.14. The van der Waals surface area contributed by atoms with Gasteiger partial charge < -0.3 is 14.8 Å². The number of nitro groups is 1. The van der Waals surface area contributed by atoms with Crippen LogP contribution in [0, 0.1) is 10.1 Å². The van der Waals surface area contributed by atoms with Gasteiger partial charge >= 0.3 is 5.97 Å². The van der Waals surface area contributed by atoms with E-state index in [9.17, 15) is 24.5 Å². The van der Waals surface area contributed by atoms with E-state index in [1.807, 2.05) is 6.07 Å². The Morgan fingerprint density at radius 3 is 2.61 bits per heavy atom. The molecule has 1 amide bonds. The predicted octanol–water partition coefficient (Wildman–Crippen LogP) is 2.68. The Labute approximate surface area is 191 Å². The number of halogens is 1. The van der Waals surface area contributed by atoms with Gasteiger partial charge in [-0.2, -0.15) is 5.10 Å². The lowest BCUT2D eigenvalue weighted by atomic mass is 10.2. The van der Waals surface area contributed by atoms with Crippen molar-refractivity contribution in [1.82, 2.24) is 9.78 Å². The molecule has 11 nitrogen and oxygen atoms in total. The molecule has 33 heavy (non-hydrogen) atoms. The maximum atomic E-state index is 12.2. The number of amides is 1. The summed E-state index contributed by atoms with van der Waals surface area (Å²) in [6.07, 6.45) is 0. The number of nitrogens with one attached hydrogen (secondary N) is 1. The van der Waals surface area contributed by atoms with Crippen LogP contribution in [0.5, 0.6) is 5.75 Å². The number of ether oxygens (including phenoxy) is 2. The number of nitro benzene ring substituents is 1. The molecule has 12 heteroatoms. The summed E-state index contributed by atoms with van der Waals surface area (Å²) in [4.78, 5) is 46.7. The Hall–Kier alpha value is -4.25. The van der Waals surface area contributed by atoms with Crippen LogP contribution in [0.15, 0.2) is 65.5 Å². The number of aromatic nitrogens is 2. The lowest BCUT2D eigenvalue weighted by molar-refractivity contribution is -0.383. The Balaban J connectivity index is 1.57. The van der Waals surface area contributed by atoms with Gasteiger partial charge in [-0.05, 0) is 30.3 Å². The van der Waals surface area contributed by atoms with Crippen LogP contribution in [0.3, 0.4) is 0 Å². The van der Waals surface area contributed by atoms with Gasteiger partial charge in [0.2, 0.25) is 0 Å². The van der Waals surface area contributed by atoms with Crippen LogP contribution in [-0.2, 0) is 16.1 Å². The van der Waals surface area contributed by atoms with Crippen LogP contribution >= 0.6 is 11.6 Å². The molecule has 0 bridgehead atoms. The fraction of sp³-hybridized carbons (Fsp3) is 0.143. The molecule has 1 aromatic heterocycles. The van der Waals surface area contributed by atoms with E-state index >= 15 is 0 Å². The SMILES string of the molecule is O=C(COC(=O)c1ccc(=O)n(CCOc2ccccc2)n1)Nc1ccc(Cl)cc1[N+](=O)[O-]. The zero-order valence-corrected chi connectivity index (χ0v) is 17.7. The molecule has 0 unspecified atom stereocenters. The maximum Gasteiger partial charge on any atom is 0.359 e. The minimum atomic E-state index is -0.950. The highest BCUT2D eigenvalue weighted by Gasteiger charge is 2.18. The fourth-order valence-electron chi connectivity index (χ4n) is 2.64. The first-order valence-corrected chi connectivity index (χ1v) is 9.88. The molecular formula is C21H17ClN4O7. The van der Waals surface area contributed by atoms with Crippen molar-refractivity contribution < 1.29 is 24.0 Å². The molecule has 1 N–H and O–H groups in total. The molecular weight excluding hydrogens is 456 g/mol. The van der Waals surface area contributed by atoms with Crippen molar-refractivity contribution in [3.8, 4) is 5.75 Å². The third-order valence-corrected chi connectivity index (χ3v) is 4.39.